The van der Waals surface area contributed by atoms with E-state index in [4.69, 9.17) is 30.0 Å². The van der Waals surface area contributed by atoms with Crippen molar-refractivity contribution in [3.05, 3.63) is 57.9 Å². The molecule has 3 N–H and O–H groups in total. The lowest BCUT2D eigenvalue weighted by Crippen LogP contribution is -2.71. The molecule has 2 atom stereocenters. The smallest absolute Gasteiger partial charge is 0.361 e. The summed E-state index contributed by atoms with van der Waals surface area (Å²) in [5, 5.41) is 16.5. The molecular weight excluding hydrogens is 600 g/mol. The summed E-state index contributed by atoms with van der Waals surface area (Å²) in [4.78, 5) is 61.8. The number of benzene rings is 1. The molecule has 43 heavy (non-hydrogen) atoms. The van der Waals surface area contributed by atoms with Crippen LogP contribution >= 0.6 is 23.1 Å². The summed E-state index contributed by atoms with van der Waals surface area (Å²) >= 11 is 2.37. The third kappa shape index (κ3) is 7.07. The highest BCUT2D eigenvalue weighted by Crippen LogP contribution is 2.41. The minimum Gasteiger partial charge on any atom is -0.490 e. The van der Waals surface area contributed by atoms with Gasteiger partial charge in [0.1, 0.15) is 36.6 Å². The minimum atomic E-state index is -1.02. The van der Waals surface area contributed by atoms with Crippen molar-refractivity contribution >= 4 is 57.7 Å². The summed E-state index contributed by atoms with van der Waals surface area (Å²) in [6.07, 6.45) is 0. The molecule has 14 nitrogen and oxygen atoms in total. The van der Waals surface area contributed by atoms with Gasteiger partial charge in [0.05, 0.1) is 22.8 Å². The number of aromatic nitrogens is 1. The molecule has 1 fully saturated rings. The molecule has 0 radical (unpaired) electrons. The largest absolute Gasteiger partial charge is 0.490 e. The van der Waals surface area contributed by atoms with Crippen molar-refractivity contribution in [1.29, 1.82) is 5.26 Å². The van der Waals surface area contributed by atoms with Crippen molar-refractivity contribution in [1.82, 2.24) is 15.2 Å². The number of carbonyl (C=O) groups excluding carboxylic acids is 4. The van der Waals surface area contributed by atoms with Crippen LogP contribution in [0.2, 0.25) is 0 Å². The summed E-state index contributed by atoms with van der Waals surface area (Å²) < 4.78 is 16.2. The molecule has 1 aromatic carbocycles. The number of thiazole rings is 1. The first-order valence-corrected chi connectivity index (χ1v) is 14.6. The molecule has 0 saturated carbocycles. The Hall–Kier alpha value is -4.62. The number of fused-ring (bicyclic) bond motifs is 1. The first-order chi connectivity index (χ1) is 20.4. The Morgan fingerprint density at radius 1 is 1.23 bits per heavy atom. The van der Waals surface area contributed by atoms with Gasteiger partial charge in [-0.25, -0.2) is 9.78 Å². The van der Waals surface area contributed by atoms with Gasteiger partial charge in [-0.05, 0) is 38.5 Å². The number of hydrogen-bond acceptors (Lipinski definition) is 14. The fraction of sp³-hybridized carbons (Fsp3) is 0.370. The summed E-state index contributed by atoms with van der Waals surface area (Å²) in [7, 11) is 1.26. The Bertz CT molecular complexity index is 1520. The van der Waals surface area contributed by atoms with Crippen LogP contribution in [-0.4, -0.2) is 70.4 Å². The van der Waals surface area contributed by atoms with Crippen LogP contribution in [-0.2, 0) is 44.8 Å². The molecule has 1 aromatic heterocycles. The number of β-lactam (4-membered cyclic amide) rings is 1. The molecule has 0 spiro atoms. The average molecular weight is 629 g/mol. The predicted molar refractivity (Wildman–Crippen MR) is 155 cm³/mol. The zero-order chi connectivity index (χ0) is 31.3. The fourth-order valence-electron chi connectivity index (χ4n) is 3.86. The Labute approximate surface area is 254 Å². The summed E-state index contributed by atoms with van der Waals surface area (Å²) in [6, 6.07) is 7.69. The summed E-state index contributed by atoms with van der Waals surface area (Å²) in [5.74, 6) is -2.53. The van der Waals surface area contributed by atoms with Crippen LogP contribution in [0.3, 0.4) is 0 Å². The van der Waals surface area contributed by atoms with E-state index < -0.39 is 47.4 Å². The number of nitrogens with one attached hydrogen (secondary N) is 1. The van der Waals surface area contributed by atoms with E-state index in [1.54, 1.807) is 45.0 Å². The second-order valence-corrected chi connectivity index (χ2v) is 12.1. The normalized spacial score (nSPS) is 18.2. The number of thioether (sulfide) groups is 1. The van der Waals surface area contributed by atoms with Crippen molar-refractivity contribution in [3.63, 3.8) is 0 Å². The maximum atomic E-state index is 13.4. The molecule has 2 aliphatic heterocycles. The van der Waals surface area contributed by atoms with Crippen LogP contribution in [0.1, 0.15) is 37.6 Å². The quantitative estimate of drug-likeness (QED) is 0.128. The fourth-order valence-corrected chi connectivity index (χ4v) is 5.69. The minimum absolute atomic E-state index is 0.0396. The Balaban J connectivity index is 1.53. The second kappa shape index (κ2) is 13.1. The van der Waals surface area contributed by atoms with Crippen LogP contribution in [0.5, 0.6) is 0 Å². The molecule has 2 aromatic rings. The van der Waals surface area contributed by atoms with E-state index in [-0.39, 0.29) is 40.4 Å². The molecule has 0 unspecified atom stereocenters. The number of anilines is 1. The molecule has 16 heteroatoms. The standard InChI is InChI=1S/C27H28N6O8S2/c1-27(2,3)25(37)41-13-40-24(36)20-17(39-10-15-7-5-14(9-28)6-8-15)12-42-23-19(22(35)33(20)23)31-21(34)18(32-38-4)16-11-43-26(29)30-16/h5-8,11,19,23H,10,12-13H2,1-4H3,(H2,29,30)(H,31,34)/t19-,23+/m1/s1. The van der Waals surface area contributed by atoms with Gasteiger partial charge >= 0.3 is 11.9 Å². The van der Waals surface area contributed by atoms with E-state index in [0.29, 0.717) is 5.56 Å². The van der Waals surface area contributed by atoms with E-state index in [1.165, 1.54) is 29.2 Å². The van der Waals surface area contributed by atoms with Crippen molar-refractivity contribution in [2.45, 2.75) is 38.8 Å². The van der Waals surface area contributed by atoms with Crippen molar-refractivity contribution < 1.29 is 38.2 Å². The Kier molecular flexibility index (Phi) is 9.56. The van der Waals surface area contributed by atoms with E-state index in [0.717, 1.165) is 16.9 Å². The highest BCUT2D eigenvalue weighted by atomic mass is 32.2. The van der Waals surface area contributed by atoms with Gasteiger partial charge in [-0.15, -0.1) is 23.1 Å². The summed E-state index contributed by atoms with van der Waals surface area (Å²) in [6.45, 7) is 4.32. The molecule has 4 rings (SSSR count). The number of ether oxygens (including phenoxy) is 3. The third-order valence-electron chi connectivity index (χ3n) is 6.06. The number of nitrogen functional groups attached to an aromatic ring is 1. The SMILES string of the molecule is CON=C(C(=O)N[C@@H]1C(=O)N2C(C(=O)OCOC(=O)C(C)(C)C)=C(OCc3ccc(C#N)cc3)CS[C@@H]12)c1csc(N)n1. The van der Waals surface area contributed by atoms with Crippen LogP contribution in [0, 0.1) is 16.7 Å². The number of esters is 2. The van der Waals surface area contributed by atoms with Crippen molar-refractivity contribution in [2.24, 2.45) is 10.6 Å². The van der Waals surface area contributed by atoms with E-state index in [2.05, 4.69) is 15.5 Å². The number of carbonyl (C=O) groups is 4. The van der Waals surface area contributed by atoms with Crippen LogP contribution in [0.4, 0.5) is 5.13 Å². The number of rotatable bonds is 10. The maximum absolute atomic E-state index is 13.4. The first-order valence-electron chi connectivity index (χ1n) is 12.7. The molecule has 1 saturated heterocycles. The predicted octanol–water partition coefficient (Wildman–Crippen LogP) is 1.87. The van der Waals surface area contributed by atoms with Gasteiger partial charge in [-0.3, -0.25) is 19.3 Å². The van der Waals surface area contributed by atoms with Gasteiger partial charge < -0.3 is 30.1 Å². The molecule has 2 amide bonds. The lowest BCUT2D eigenvalue weighted by molar-refractivity contribution is -0.173. The molecule has 226 valence electrons. The number of nitrogens with two attached hydrogens (primary N) is 1. The molecule has 0 aliphatic carbocycles. The van der Waals surface area contributed by atoms with Gasteiger partial charge in [0.15, 0.2) is 16.5 Å². The monoisotopic (exact) mass is 628 g/mol. The zero-order valence-electron chi connectivity index (χ0n) is 23.6. The van der Waals surface area contributed by atoms with Crippen molar-refractivity contribution in [3.8, 4) is 6.07 Å². The van der Waals surface area contributed by atoms with Crippen LogP contribution < -0.4 is 11.1 Å². The van der Waals surface area contributed by atoms with Crippen molar-refractivity contribution in [2.75, 3.05) is 25.4 Å². The average Bonchev–Trinajstić information content (AvgIpc) is 3.41. The maximum Gasteiger partial charge on any atom is 0.361 e. The lowest BCUT2D eigenvalue weighted by Gasteiger charge is -2.49. The van der Waals surface area contributed by atoms with Gasteiger partial charge in [-0.1, -0.05) is 17.3 Å². The third-order valence-corrected chi connectivity index (χ3v) is 7.99. The topological polar surface area (TPSA) is 196 Å². The van der Waals surface area contributed by atoms with Gasteiger partial charge in [-0.2, -0.15) is 5.26 Å². The number of hydrogen-bond donors (Lipinski definition) is 2. The highest BCUT2D eigenvalue weighted by Gasteiger charge is 2.55. The Morgan fingerprint density at radius 3 is 2.56 bits per heavy atom. The van der Waals surface area contributed by atoms with Crippen LogP contribution in [0.25, 0.3) is 0 Å². The summed E-state index contributed by atoms with van der Waals surface area (Å²) in [5.41, 5.74) is 5.89. The second-order valence-electron chi connectivity index (χ2n) is 10.2. The van der Waals surface area contributed by atoms with Gasteiger partial charge in [0.25, 0.3) is 11.8 Å². The number of oxime groups is 1. The number of nitrogens with zero attached hydrogens (tertiary/aromatic N) is 4. The first kappa shape index (κ1) is 31.3. The molecule has 2 aliphatic rings. The molecule has 3 heterocycles. The van der Waals surface area contributed by atoms with E-state index in [9.17, 15) is 19.2 Å². The van der Waals surface area contributed by atoms with Gasteiger partial charge in [0, 0.05) is 5.38 Å². The van der Waals surface area contributed by atoms with Gasteiger partial charge in [0.2, 0.25) is 6.79 Å². The van der Waals surface area contributed by atoms with E-state index in [1.807, 2.05) is 6.07 Å². The lowest BCUT2D eigenvalue weighted by atomic mass is 9.98. The zero-order valence-corrected chi connectivity index (χ0v) is 25.2. The molecule has 0 bridgehead atoms. The Morgan fingerprint density at radius 2 is 1.95 bits per heavy atom. The number of nitriles is 1. The van der Waals surface area contributed by atoms with Crippen LogP contribution in [0.15, 0.2) is 46.3 Å². The highest BCUT2D eigenvalue weighted by molar-refractivity contribution is 8.00. The number of amides is 2. The molecular formula is C27H28N6O8S2. The van der Waals surface area contributed by atoms with E-state index >= 15 is 0 Å².